The summed E-state index contributed by atoms with van der Waals surface area (Å²) < 4.78 is 69.0. The van der Waals surface area contributed by atoms with Crippen LogP contribution in [0.3, 0.4) is 0 Å². The van der Waals surface area contributed by atoms with Gasteiger partial charge in [0, 0.05) is 31.0 Å². The lowest BCUT2D eigenvalue weighted by Crippen LogP contribution is -2.36. The molecule has 0 saturated heterocycles. The Morgan fingerprint density at radius 1 is 1.13 bits per heavy atom. The number of rotatable bonds is 9. The van der Waals surface area contributed by atoms with Gasteiger partial charge in [0.1, 0.15) is 18.3 Å². The molecule has 202 valence electrons. The van der Waals surface area contributed by atoms with Crippen molar-refractivity contribution in [1.29, 1.82) is 0 Å². The first kappa shape index (κ1) is 27.6. The first-order valence-electron chi connectivity index (χ1n) is 11.8. The first-order valence-corrected chi connectivity index (χ1v) is 13.3. The van der Waals surface area contributed by atoms with E-state index >= 15 is 0 Å². The van der Waals surface area contributed by atoms with Crippen LogP contribution in [0.2, 0.25) is 0 Å². The van der Waals surface area contributed by atoms with E-state index in [1.807, 2.05) is 24.3 Å². The van der Waals surface area contributed by atoms with Crippen LogP contribution in [0.15, 0.2) is 71.9 Å². The van der Waals surface area contributed by atoms with Gasteiger partial charge in [0.25, 0.3) is 10.0 Å². The summed E-state index contributed by atoms with van der Waals surface area (Å²) >= 11 is 0. The van der Waals surface area contributed by atoms with Gasteiger partial charge in [-0.3, -0.25) is 9.78 Å². The second-order valence-corrected chi connectivity index (χ2v) is 10.6. The zero-order chi connectivity index (χ0) is 27.3. The standard InChI is InChI=1S/C26H26F3N3O5S/c27-26(28,29)13-25(34)32-38(35,36)22-8-4-17(5-9-22)18-6-10-24-19(12-18)3-7-21(37-24)15-31-16-23(33)20-2-1-11-30-14-20/h1-2,4-6,8-12,14,21,23,31,33H,3,7,13,15-16H2,(H,32,34). The van der Waals surface area contributed by atoms with E-state index in [4.69, 9.17) is 4.74 Å². The van der Waals surface area contributed by atoms with Gasteiger partial charge in [-0.25, -0.2) is 13.1 Å². The van der Waals surface area contributed by atoms with Crippen LogP contribution in [0.5, 0.6) is 5.75 Å². The summed E-state index contributed by atoms with van der Waals surface area (Å²) in [6.45, 7) is 0.934. The van der Waals surface area contributed by atoms with E-state index in [1.165, 1.54) is 29.0 Å². The Morgan fingerprint density at radius 2 is 1.87 bits per heavy atom. The molecule has 0 fully saturated rings. The summed E-state index contributed by atoms with van der Waals surface area (Å²) in [6.07, 6.45) is -2.62. The summed E-state index contributed by atoms with van der Waals surface area (Å²) in [4.78, 5) is 15.1. The largest absolute Gasteiger partial charge is 0.489 e. The number of pyridine rings is 1. The minimum atomic E-state index is -4.81. The van der Waals surface area contributed by atoms with Crippen LogP contribution in [-0.2, 0) is 21.2 Å². The molecule has 0 bridgehead atoms. The molecule has 1 aliphatic heterocycles. The molecule has 3 aromatic rings. The number of benzene rings is 2. The van der Waals surface area contributed by atoms with E-state index in [0.717, 1.165) is 35.3 Å². The van der Waals surface area contributed by atoms with Crippen LogP contribution in [0.4, 0.5) is 13.2 Å². The molecular weight excluding hydrogens is 523 g/mol. The van der Waals surface area contributed by atoms with Gasteiger partial charge in [-0.15, -0.1) is 0 Å². The number of sulfonamides is 1. The molecule has 0 aliphatic carbocycles. The number of aromatic nitrogens is 1. The Bertz CT molecular complexity index is 1370. The third-order valence-electron chi connectivity index (χ3n) is 5.98. The van der Waals surface area contributed by atoms with Gasteiger partial charge in [-0.2, -0.15) is 13.2 Å². The van der Waals surface area contributed by atoms with E-state index < -0.39 is 34.6 Å². The fraction of sp³-hybridized carbons (Fsp3) is 0.308. The smallest absolute Gasteiger partial charge is 0.397 e. The van der Waals surface area contributed by atoms with Gasteiger partial charge in [0.2, 0.25) is 5.91 Å². The summed E-state index contributed by atoms with van der Waals surface area (Å²) in [7, 11) is -4.42. The highest BCUT2D eigenvalue weighted by atomic mass is 32.2. The predicted molar refractivity (Wildman–Crippen MR) is 133 cm³/mol. The molecule has 2 atom stereocenters. The van der Waals surface area contributed by atoms with Gasteiger partial charge < -0.3 is 15.2 Å². The molecule has 1 aromatic heterocycles. The average molecular weight is 550 g/mol. The fourth-order valence-electron chi connectivity index (χ4n) is 4.09. The predicted octanol–water partition coefficient (Wildman–Crippen LogP) is 3.52. The second-order valence-electron chi connectivity index (χ2n) is 8.91. The molecule has 12 heteroatoms. The lowest BCUT2D eigenvalue weighted by Gasteiger charge is -2.27. The highest BCUT2D eigenvalue weighted by Crippen LogP contribution is 2.32. The minimum Gasteiger partial charge on any atom is -0.489 e. The molecule has 2 unspecified atom stereocenters. The van der Waals surface area contributed by atoms with Crippen LogP contribution >= 0.6 is 0 Å². The highest BCUT2D eigenvalue weighted by molar-refractivity contribution is 7.90. The number of carbonyl (C=O) groups excluding carboxylic acids is 1. The first-order chi connectivity index (χ1) is 18.0. The monoisotopic (exact) mass is 549 g/mol. The number of aliphatic hydroxyl groups is 1. The maximum Gasteiger partial charge on any atom is 0.397 e. The lowest BCUT2D eigenvalue weighted by molar-refractivity contribution is -0.152. The van der Waals surface area contributed by atoms with Crippen molar-refractivity contribution in [3.05, 3.63) is 78.1 Å². The summed E-state index contributed by atoms with van der Waals surface area (Å²) in [6, 6.07) is 14.7. The minimum absolute atomic E-state index is 0.0634. The third kappa shape index (κ3) is 7.30. The number of amides is 1. The van der Waals surface area contributed by atoms with E-state index in [2.05, 4.69) is 10.3 Å². The molecule has 4 rings (SSSR count). The molecule has 3 N–H and O–H groups in total. The van der Waals surface area contributed by atoms with Crippen LogP contribution in [-0.4, -0.2) is 49.8 Å². The SMILES string of the molecule is O=C(CC(F)(F)F)NS(=O)(=O)c1ccc(-c2ccc3c(c2)CCC(CNCC(O)c2cccnc2)O3)cc1. The molecule has 0 saturated carbocycles. The van der Waals surface area contributed by atoms with Crippen molar-refractivity contribution in [3.63, 3.8) is 0 Å². The van der Waals surface area contributed by atoms with E-state index in [-0.39, 0.29) is 11.0 Å². The Morgan fingerprint density at radius 3 is 2.55 bits per heavy atom. The van der Waals surface area contributed by atoms with Crippen molar-refractivity contribution in [2.45, 2.75) is 42.5 Å². The summed E-state index contributed by atoms with van der Waals surface area (Å²) in [5, 5.41) is 13.5. The number of fused-ring (bicyclic) bond motifs is 1. The van der Waals surface area contributed by atoms with Crippen LogP contribution < -0.4 is 14.8 Å². The lowest BCUT2D eigenvalue weighted by atomic mass is 9.97. The van der Waals surface area contributed by atoms with E-state index in [0.29, 0.717) is 18.7 Å². The topological polar surface area (TPSA) is 118 Å². The van der Waals surface area contributed by atoms with Gasteiger partial charge in [0.05, 0.1) is 11.0 Å². The normalized spacial score (nSPS) is 16.3. The fourth-order valence-corrected chi connectivity index (χ4v) is 5.08. The molecular formula is C26H26F3N3O5S. The van der Waals surface area contributed by atoms with E-state index in [1.54, 1.807) is 18.5 Å². The van der Waals surface area contributed by atoms with Crippen LogP contribution in [0.1, 0.15) is 30.1 Å². The Kier molecular flexibility index (Phi) is 8.34. The van der Waals surface area contributed by atoms with Gasteiger partial charge in [0.15, 0.2) is 0 Å². The molecule has 1 amide bonds. The summed E-state index contributed by atoms with van der Waals surface area (Å²) in [5.41, 5.74) is 3.24. The quantitative estimate of drug-likeness (QED) is 0.374. The zero-order valence-corrected chi connectivity index (χ0v) is 20.9. The number of aryl methyl sites for hydroxylation is 1. The number of aliphatic hydroxyl groups excluding tert-OH is 1. The van der Waals surface area contributed by atoms with Gasteiger partial charge in [-0.1, -0.05) is 24.3 Å². The Balaban J connectivity index is 1.34. The number of carbonyl (C=O) groups is 1. The number of alkyl halides is 3. The van der Waals surface area contributed by atoms with E-state index in [9.17, 15) is 31.5 Å². The molecule has 2 heterocycles. The molecule has 38 heavy (non-hydrogen) atoms. The molecule has 1 aliphatic rings. The van der Waals surface area contributed by atoms with Crippen LogP contribution in [0.25, 0.3) is 11.1 Å². The van der Waals surface area contributed by atoms with Crippen molar-refractivity contribution in [1.82, 2.24) is 15.0 Å². The Labute approximate surface area is 217 Å². The second kappa shape index (κ2) is 11.5. The molecule has 0 radical (unpaired) electrons. The van der Waals surface area contributed by atoms with Crippen molar-refractivity contribution in [3.8, 4) is 16.9 Å². The summed E-state index contributed by atoms with van der Waals surface area (Å²) in [5.74, 6) is -0.902. The number of hydrogen-bond donors (Lipinski definition) is 3. The van der Waals surface area contributed by atoms with Gasteiger partial charge >= 0.3 is 6.18 Å². The molecule has 2 aromatic carbocycles. The van der Waals surface area contributed by atoms with Crippen molar-refractivity contribution in [2.24, 2.45) is 0 Å². The average Bonchev–Trinajstić information content (AvgIpc) is 2.87. The third-order valence-corrected chi connectivity index (χ3v) is 7.36. The van der Waals surface area contributed by atoms with Crippen molar-refractivity contribution < 1.29 is 36.2 Å². The highest BCUT2D eigenvalue weighted by Gasteiger charge is 2.33. The zero-order valence-electron chi connectivity index (χ0n) is 20.1. The van der Waals surface area contributed by atoms with Crippen LogP contribution in [0, 0.1) is 0 Å². The molecule has 8 nitrogen and oxygen atoms in total. The van der Waals surface area contributed by atoms with Crippen molar-refractivity contribution in [2.75, 3.05) is 13.1 Å². The maximum atomic E-state index is 12.3. The number of hydrogen-bond acceptors (Lipinski definition) is 7. The number of nitrogens with one attached hydrogen (secondary N) is 2. The maximum absolute atomic E-state index is 12.3. The number of halogens is 3. The number of nitrogens with zero attached hydrogens (tertiary/aromatic N) is 1. The van der Waals surface area contributed by atoms with Gasteiger partial charge in [-0.05, 0) is 59.9 Å². The molecule has 0 spiro atoms. The van der Waals surface area contributed by atoms with Crippen molar-refractivity contribution >= 4 is 15.9 Å². The number of ether oxygens (including phenoxy) is 1. The Hall–Kier alpha value is -3.48.